The first-order valence-electron chi connectivity index (χ1n) is 11.1. The van der Waals surface area contributed by atoms with Gasteiger partial charge in [0.05, 0.1) is 26.1 Å². The van der Waals surface area contributed by atoms with E-state index in [-0.39, 0.29) is 5.60 Å². The third kappa shape index (κ3) is 10.6. The Bertz CT molecular complexity index is 982. The van der Waals surface area contributed by atoms with E-state index in [9.17, 15) is 26.3 Å². The number of pyridine rings is 1. The molecule has 0 radical (unpaired) electrons. The molecule has 0 saturated carbocycles. The van der Waals surface area contributed by atoms with Gasteiger partial charge >= 0.3 is 24.3 Å². The zero-order valence-corrected chi connectivity index (χ0v) is 19.9. The summed E-state index contributed by atoms with van der Waals surface area (Å²) >= 11 is 0. The Morgan fingerprint density at radius 3 is 2.26 bits per heavy atom. The molecule has 16 heteroatoms. The number of aromatic nitrogens is 3. The first kappa shape index (κ1) is 31.0. The van der Waals surface area contributed by atoms with Crippen molar-refractivity contribution in [1.29, 1.82) is 0 Å². The molecule has 2 fully saturated rings. The molecule has 4 heterocycles. The van der Waals surface area contributed by atoms with E-state index in [1.165, 1.54) is 5.56 Å². The van der Waals surface area contributed by atoms with Gasteiger partial charge in [-0.15, -0.1) is 0 Å². The molecule has 0 amide bonds. The van der Waals surface area contributed by atoms with Gasteiger partial charge in [0.2, 0.25) is 0 Å². The number of aliphatic carboxylic acids is 2. The second kappa shape index (κ2) is 13.5. The Hall–Kier alpha value is -3.24. The smallest absolute Gasteiger partial charge is 0.475 e. The molecule has 2 aliphatic heterocycles. The molecule has 1 spiro atoms. The lowest BCUT2D eigenvalue weighted by Crippen LogP contribution is -2.43. The van der Waals surface area contributed by atoms with E-state index in [2.05, 4.69) is 25.5 Å². The summed E-state index contributed by atoms with van der Waals surface area (Å²) in [5.41, 5.74) is 1.06. The minimum absolute atomic E-state index is 0.177. The molecule has 2 aromatic rings. The topological polar surface area (TPSA) is 127 Å². The number of alkyl halides is 6. The first-order chi connectivity index (χ1) is 17.7. The van der Waals surface area contributed by atoms with Crippen molar-refractivity contribution >= 4 is 11.9 Å². The van der Waals surface area contributed by atoms with Crippen molar-refractivity contribution in [3.63, 3.8) is 0 Å². The summed E-state index contributed by atoms with van der Waals surface area (Å²) in [6.07, 6.45) is 0.352. The highest BCUT2D eigenvalue weighted by molar-refractivity contribution is 5.73. The number of hydrogen-bond acceptors (Lipinski definition) is 7. The van der Waals surface area contributed by atoms with E-state index < -0.39 is 24.3 Å². The maximum absolute atomic E-state index is 10.6. The zero-order valence-electron chi connectivity index (χ0n) is 19.9. The van der Waals surface area contributed by atoms with Gasteiger partial charge < -0.3 is 24.3 Å². The van der Waals surface area contributed by atoms with E-state index in [0.717, 1.165) is 45.8 Å². The van der Waals surface area contributed by atoms with Crippen LogP contribution in [0.2, 0.25) is 0 Å². The third-order valence-electron chi connectivity index (χ3n) is 5.36. The fraction of sp³-hybridized carbons (Fsp3) is 0.545. The van der Waals surface area contributed by atoms with E-state index in [0.29, 0.717) is 12.5 Å². The van der Waals surface area contributed by atoms with E-state index in [1.54, 1.807) is 0 Å². The molecular weight excluding hydrogens is 530 g/mol. The fourth-order valence-electron chi connectivity index (χ4n) is 3.83. The summed E-state index contributed by atoms with van der Waals surface area (Å²) in [5, 5.41) is 14.2. The monoisotopic (exact) mass is 556 g/mol. The summed E-state index contributed by atoms with van der Waals surface area (Å²) in [6, 6.07) is 4.12. The summed E-state index contributed by atoms with van der Waals surface area (Å²) in [4.78, 5) is 28.6. The van der Waals surface area contributed by atoms with Crippen LogP contribution in [0.4, 0.5) is 26.3 Å². The van der Waals surface area contributed by atoms with Crippen molar-refractivity contribution in [2.24, 2.45) is 5.92 Å². The molecule has 212 valence electrons. The number of nitrogens with zero attached hydrogens (tertiary/aromatic N) is 4. The van der Waals surface area contributed by atoms with Gasteiger partial charge in [-0.2, -0.15) is 26.3 Å². The van der Waals surface area contributed by atoms with Gasteiger partial charge in [-0.05, 0) is 18.1 Å². The van der Waals surface area contributed by atoms with Crippen molar-refractivity contribution in [2.75, 3.05) is 32.9 Å². The number of hydrogen-bond donors (Lipinski definition) is 2. The maximum Gasteiger partial charge on any atom is 0.490 e. The Balaban J connectivity index is 0.000000301. The van der Waals surface area contributed by atoms with Gasteiger partial charge in [0.15, 0.2) is 0 Å². The van der Waals surface area contributed by atoms with Crippen LogP contribution in [0.25, 0.3) is 0 Å². The molecule has 4 rings (SSSR count). The number of ether oxygens (including phenoxy) is 2. The molecule has 2 saturated heterocycles. The predicted molar refractivity (Wildman–Crippen MR) is 117 cm³/mol. The van der Waals surface area contributed by atoms with Crippen LogP contribution in [0.3, 0.4) is 0 Å². The number of carboxylic acid groups (broad SMARTS) is 2. The molecule has 2 atom stereocenters. The van der Waals surface area contributed by atoms with Crippen molar-refractivity contribution in [2.45, 2.75) is 37.5 Å². The largest absolute Gasteiger partial charge is 0.490 e. The molecular formula is C22H26F6N4O6. The Morgan fingerprint density at radius 2 is 1.74 bits per heavy atom. The Morgan fingerprint density at radius 1 is 1.08 bits per heavy atom. The molecule has 2 aliphatic rings. The second-order valence-corrected chi connectivity index (χ2v) is 8.55. The zero-order chi connectivity index (χ0) is 28.4. The van der Waals surface area contributed by atoms with Crippen LogP contribution in [-0.2, 0) is 32.2 Å². The highest BCUT2D eigenvalue weighted by atomic mass is 19.4. The highest BCUT2D eigenvalue weighted by Crippen LogP contribution is 2.34. The van der Waals surface area contributed by atoms with E-state index in [4.69, 9.17) is 29.3 Å². The van der Waals surface area contributed by atoms with Gasteiger partial charge in [0.25, 0.3) is 0 Å². The Labute approximate surface area is 212 Å². The van der Waals surface area contributed by atoms with Gasteiger partial charge in [0, 0.05) is 56.9 Å². The lowest BCUT2D eigenvalue weighted by molar-refractivity contribution is -0.193. The van der Waals surface area contributed by atoms with Crippen molar-refractivity contribution in [3.05, 3.63) is 48.8 Å². The molecule has 0 aliphatic carbocycles. The summed E-state index contributed by atoms with van der Waals surface area (Å²) in [7, 11) is 0. The molecule has 38 heavy (non-hydrogen) atoms. The number of carboxylic acids is 2. The average molecular weight is 556 g/mol. The quantitative estimate of drug-likeness (QED) is 0.547. The number of carbonyl (C=O) groups is 2. The van der Waals surface area contributed by atoms with E-state index in [1.807, 2.05) is 37.2 Å². The second-order valence-electron chi connectivity index (χ2n) is 8.55. The van der Waals surface area contributed by atoms with Crippen molar-refractivity contribution < 1.29 is 55.6 Å². The molecule has 2 aromatic heterocycles. The van der Waals surface area contributed by atoms with Crippen LogP contribution in [0, 0.1) is 5.92 Å². The summed E-state index contributed by atoms with van der Waals surface area (Å²) in [6.45, 7) is 5.96. The molecule has 10 nitrogen and oxygen atoms in total. The Kier molecular flexibility index (Phi) is 11.0. The standard InChI is InChI=1S/C18H24N4O2.2C2HF3O2/c1-2-16(9-19-3-1)10-21-6-7-23-14-18(13-21)8-17(12-24-18)11-22-5-4-20-15-22;2*3-2(4,5)1(6)7/h1-5,9,15,17H,6-8,10-14H2;2*(H,6,7). The van der Waals surface area contributed by atoms with Crippen molar-refractivity contribution in [3.8, 4) is 0 Å². The van der Waals surface area contributed by atoms with Gasteiger partial charge in [-0.1, -0.05) is 6.07 Å². The highest BCUT2D eigenvalue weighted by Gasteiger charge is 2.43. The SMILES string of the molecule is O=C(O)C(F)(F)F.O=C(O)C(F)(F)F.c1cncc(CN2CCOCC3(CC(Cn4ccnc4)CO3)C2)c1. The predicted octanol–water partition coefficient (Wildman–Crippen LogP) is 2.85. The number of halogens is 6. The average Bonchev–Trinajstić information content (AvgIpc) is 3.42. The number of rotatable bonds is 4. The van der Waals surface area contributed by atoms with Crippen LogP contribution >= 0.6 is 0 Å². The minimum atomic E-state index is -5.08. The number of imidazole rings is 1. The van der Waals surface area contributed by atoms with Crippen LogP contribution in [0.15, 0.2) is 43.2 Å². The van der Waals surface area contributed by atoms with Gasteiger partial charge in [-0.3, -0.25) is 9.88 Å². The minimum Gasteiger partial charge on any atom is -0.475 e. The fourth-order valence-corrected chi connectivity index (χ4v) is 3.83. The lowest BCUT2D eigenvalue weighted by Gasteiger charge is -2.31. The van der Waals surface area contributed by atoms with Crippen LogP contribution in [0.5, 0.6) is 0 Å². The van der Waals surface area contributed by atoms with Gasteiger partial charge in [0.1, 0.15) is 5.60 Å². The summed E-state index contributed by atoms with van der Waals surface area (Å²) in [5.74, 6) is -5.00. The van der Waals surface area contributed by atoms with Crippen LogP contribution < -0.4 is 0 Å². The molecule has 0 aromatic carbocycles. The van der Waals surface area contributed by atoms with E-state index >= 15 is 0 Å². The maximum atomic E-state index is 10.6. The molecule has 0 bridgehead atoms. The normalized spacial score (nSPS) is 22.0. The molecule has 2 unspecified atom stereocenters. The van der Waals surface area contributed by atoms with Gasteiger partial charge in [-0.25, -0.2) is 14.6 Å². The van der Waals surface area contributed by atoms with Crippen molar-refractivity contribution in [1.82, 2.24) is 19.4 Å². The van der Waals surface area contributed by atoms with Crippen LogP contribution in [-0.4, -0.2) is 92.5 Å². The third-order valence-corrected chi connectivity index (χ3v) is 5.36. The molecule has 2 N–H and O–H groups in total. The first-order valence-corrected chi connectivity index (χ1v) is 11.1. The summed E-state index contributed by atoms with van der Waals surface area (Å²) < 4.78 is 77.8. The van der Waals surface area contributed by atoms with Crippen LogP contribution in [0.1, 0.15) is 12.0 Å². The lowest BCUT2D eigenvalue weighted by atomic mass is 9.94.